The number of fused-ring (bicyclic) bond motifs is 1. The number of nitrogens with one attached hydrogen (secondary N) is 3. The molecular weight excluding hydrogens is 320 g/mol. The first kappa shape index (κ1) is 12.9. The molecule has 102 valence electrons. The SMILES string of the molecule is CNc1nc(Nc2cccc(C)c2Br)c2[nH]cnc2n1. The Morgan fingerprint density at radius 3 is 2.90 bits per heavy atom. The molecule has 3 N–H and O–H groups in total. The molecule has 2 heterocycles. The minimum absolute atomic E-state index is 0.524. The van der Waals surface area contributed by atoms with Crippen molar-refractivity contribution >= 4 is 44.5 Å². The van der Waals surface area contributed by atoms with Crippen molar-refractivity contribution in [3.05, 3.63) is 34.6 Å². The largest absolute Gasteiger partial charge is 0.357 e. The van der Waals surface area contributed by atoms with Gasteiger partial charge in [0.2, 0.25) is 5.95 Å². The smallest absolute Gasteiger partial charge is 0.226 e. The number of aromatic amines is 1. The molecule has 20 heavy (non-hydrogen) atoms. The molecule has 0 radical (unpaired) electrons. The maximum absolute atomic E-state index is 4.43. The second-order valence-corrected chi connectivity index (χ2v) is 5.10. The van der Waals surface area contributed by atoms with Gasteiger partial charge in [0.1, 0.15) is 5.52 Å². The normalized spacial score (nSPS) is 10.8. The van der Waals surface area contributed by atoms with Crippen LogP contribution in [0, 0.1) is 6.92 Å². The van der Waals surface area contributed by atoms with Crippen LogP contribution in [0.15, 0.2) is 29.0 Å². The molecule has 0 unspecified atom stereocenters. The van der Waals surface area contributed by atoms with Gasteiger partial charge in [0, 0.05) is 11.5 Å². The van der Waals surface area contributed by atoms with Crippen molar-refractivity contribution in [1.82, 2.24) is 19.9 Å². The summed E-state index contributed by atoms with van der Waals surface area (Å²) in [5.41, 5.74) is 3.49. The van der Waals surface area contributed by atoms with Crippen LogP contribution >= 0.6 is 15.9 Å². The number of imidazole rings is 1. The Labute approximate surface area is 124 Å². The van der Waals surface area contributed by atoms with Crippen molar-refractivity contribution in [2.24, 2.45) is 0 Å². The van der Waals surface area contributed by atoms with Gasteiger partial charge in [-0.05, 0) is 34.5 Å². The number of aromatic nitrogens is 4. The second-order valence-electron chi connectivity index (χ2n) is 4.31. The number of rotatable bonds is 3. The topological polar surface area (TPSA) is 78.5 Å². The summed E-state index contributed by atoms with van der Waals surface area (Å²) in [5, 5.41) is 6.24. The van der Waals surface area contributed by atoms with Crippen molar-refractivity contribution in [2.45, 2.75) is 6.92 Å². The third kappa shape index (κ3) is 2.20. The summed E-state index contributed by atoms with van der Waals surface area (Å²) < 4.78 is 1.01. The fraction of sp³-hybridized carbons (Fsp3) is 0.154. The average Bonchev–Trinajstić information content (AvgIpc) is 2.92. The van der Waals surface area contributed by atoms with E-state index in [4.69, 9.17) is 0 Å². The van der Waals surface area contributed by atoms with E-state index in [0.29, 0.717) is 17.4 Å². The maximum atomic E-state index is 4.43. The van der Waals surface area contributed by atoms with E-state index < -0.39 is 0 Å². The van der Waals surface area contributed by atoms with Crippen LogP contribution in [0.5, 0.6) is 0 Å². The van der Waals surface area contributed by atoms with Crippen molar-refractivity contribution in [2.75, 3.05) is 17.7 Å². The molecule has 1 aromatic carbocycles. The molecule has 6 nitrogen and oxygen atoms in total. The van der Waals surface area contributed by atoms with Crippen molar-refractivity contribution in [3.63, 3.8) is 0 Å². The van der Waals surface area contributed by atoms with Crippen molar-refractivity contribution < 1.29 is 0 Å². The Kier molecular flexibility index (Phi) is 3.27. The highest BCUT2D eigenvalue weighted by Crippen LogP contribution is 2.30. The first-order valence-corrected chi connectivity index (χ1v) is 6.89. The average molecular weight is 333 g/mol. The minimum Gasteiger partial charge on any atom is -0.357 e. The molecule has 0 fully saturated rings. The Morgan fingerprint density at radius 1 is 1.25 bits per heavy atom. The van der Waals surface area contributed by atoms with E-state index in [-0.39, 0.29) is 0 Å². The zero-order chi connectivity index (χ0) is 14.1. The van der Waals surface area contributed by atoms with Crippen LogP contribution in [0.2, 0.25) is 0 Å². The van der Waals surface area contributed by atoms with Crippen LogP contribution in [-0.2, 0) is 0 Å². The molecule has 3 rings (SSSR count). The summed E-state index contributed by atoms with van der Waals surface area (Å²) in [6, 6.07) is 6.02. The van der Waals surface area contributed by atoms with Crippen molar-refractivity contribution in [1.29, 1.82) is 0 Å². The zero-order valence-electron chi connectivity index (χ0n) is 11.0. The van der Waals surface area contributed by atoms with E-state index in [2.05, 4.69) is 46.5 Å². The minimum atomic E-state index is 0.524. The summed E-state index contributed by atoms with van der Waals surface area (Å²) in [6.07, 6.45) is 1.61. The number of halogens is 1. The van der Waals surface area contributed by atoms with Gasteiger partial charge >= 0.3 is 0 Å². The predicted molar refractivity (Wildman–Crippen MR) is 83.4 cm³/mol. The molecule has 0 bridgehead atoms. The quantitative estimate of drug-likeness (QED) is 0.686. The fourth-order valence-corrected chi connectivity index (χ4v) is 2.27. The molecule has 0 aliphatic rings. The Balaban J connectivity index is 2.10. The van der Waals surface area contributed by atoms with E-state index in [9.17, 15) is 0 Å². The highest BCUT2D eigenvalue weighted by Gasteiger charge is 2.11. The standard InChI is InChI=1S/C13H13BrN6/c1-7-4-3-5-8(9(7)14)18-12-10-11(17-6-16-10)19-13(15-2)20-12/h3-6H,1-2H3,(H3,15,16,17,18,19,20). The Bertz CT molecular complexity index is 767. The molecule has 0 aliphatic heterocycles. The van der Waals surface area contributed by atoms with Gasteiger partial charge in [-0.15, -0.1) is 0 Å². The zero-order valence-corrected chi connectivity index (χ0v) is 12.6. The van der Waals surface area contributed by atoms with Gasteiger partial charge in [-0.2, -0.15) is 9.97 Å². The number of anilines is 3. The van der Waals surface area contributed by atoms with E-state index in [1.807, 2.05) is 25.1 Å². The molecular formula is C13H13BrN6. The van der Waals surface area contributed by atoms with Gasteiger partial charge in [-0.1, -0.05) is 12.1 Å². The molecule has 2 aromatic heterocycles. The van der Waals surface area contributed by atoms with Gasteiger partial charge in [0.25, 0.3) is 0 Å². The van der Waals surface area contributed by atoms with Gasteiger partial charge in [-0.25, -0.2) is 4.98 Å². The highest BCUT2D eigenvalue weighted by molar-refractivity contribution is 9.10. The summed E-state index contributed by atoms with van der Waals surface area (Å²) in [7, 11) is 1.78. The predicted octanol–water partition coefficient (Wildman–Crippen LogP) is 3.21. The van der Waals surface area contributed by atoms with Gasteiger partial charge in [0.05, 0.1) is 12.0 Å². The lowest BCUT2D eigenvalue weighted by Crippen LogP contribution is -2.02. The lowest BCUT2D eigenvalue weighted by Gasteiger charge is -2.11. The number of nitrogens with zero attached hydrogens (tertiary/aromatic N) is 3. The molecule has 3 aromatic rings. The van der Waals surface area contributed by atoms with E-state index in [1.165, 1.54) is 0 Å². The maximum Gasteiger partial charge on any atom is 0.226 e. The number of aryl methyl sites for hydroxylation is 1. The van der Waals surface area contributed by atoms with E-state index in [0.717, 1.165) is 21.2 Å². The van der Waals surface area contributed by atoms with Gasteiger partial charge < -0.3 is 15.6 Å². The monoisotopic (exact) mass is 332 g/mol. The van der Waals surface area contributed by atoms with Gasteiger partial charge in [-0.3, -0.25) is 0 Å². The lowest BCUT2D eigenvalue weighted by atomic mass is 10.2. The Hall–Kier alpha value is -2.15. The van der Waals surface area contributed by atoms with Crippen molar-refractivity contribution in [3.8, 4) is 0 Å². The van der Waals surface area contributed by atoms with Crippen LogP contribution in [0.4, 0.5) is 17.5 Å². The summed E-state index contributed by atoms with van der Waals surface area (Å²) in [4.78, 5) is 15.9. The summed E-state index contributed by atoms with van der Waals surface area (Å²) in [5.74, 6) is 1.21. The second kappa shape index (κ2) is 5.09. The third-order valence-corrected chi connectivity index (χ3v) is 4.01. The third-order valence-electron chi connectivity index (χ3n) is 2.95. The lowest BCUT2D eigenvalue weighted by molar-refractivity contribution is 1.18. The van der Waals surface area contributed by atoms with Gasteiger partial charge in [0.15, 0.2) is 11.5 Å². The number of benzene rings is 1. The molecule has 0 saturated carbocycles. The molecule has 7 heteroatoms. The molecule has 0 saturated heterocycles. The first-order valence-electron chi connectivity index (χ1n) is 6.10. The number of H-pyrrole nitrogens is 1. The number of hydrogen-bond donors (Lipinski definition) is 3. The van der Waals surface area contributed by atoms with Crippen LogP contribution in [0.3, 0.4) is 0 Å². The molecule has 0 aliphatic carbocycles. The van der Waals surface area contributed by atoms with E-state index in [1.54, 1.807) is 13.4 Å². The first-order chi connectivity index (χ1) is 9.69. The van der Waals surface area contributed by atoms with Crippen LogP contribution in [0.1, 0.15) is 5.56 Å². The van der Waals surface area contributed by atoms with Crippen LogP contribution in [0.25, 0.3) is 11.2 Å². The molecule has 0 atom stereocenters. The summed E-state index contributed by atoms with van der Waals surface area (Å²) >= 11 is 3.58. The molecule has 0 amide bonds. The summed E-state index contributed by atoms with van der Waals surface area (Å²) in [6.45, 7) is 2.04. The van der Waals surface area contributed by atoms with E-state index >= 15 is 0 Å². The Morgan fingerprint density at radius 2 is 2.10 bits per heavy atom. The van der Waals surface area contributed by atoms with Crippen LogP contribution in [-0.4, -0.2) is 27.0 Å². The number of hydrogen-bond acceptors (Lipinski definition) is 5. The fourth-order valence-electron chi connectivity index (χ4n) is 1.91. The molecule has 0 spiro atoms. The van der Waals surface area contributed by atoms with Crippen LogP contribution < -0.4 is 10.6 Å². The highest BCUT2D eigenvalue weighted by atomic mass is 79.9.